The summed E-state index contributed by atoms with van der Waals surface area (Å²) in [5.41, 5.74) is 0. The van der Waals surface area contributed by atoms with E-state index in [-0.39, 0.29) is 26.2 Å². The number of esters is 1. The number of quaternary nitrogens is 1. The summed E-state index contributed by atoms with van der Waals surface area (Å²) in [5.74, 6) is -0.398. The molecule has 0 heterocycles. The predicted octanol–water partition coefficient (Wildman–Crippen LogP) is 14.1. The zero-order valence-electron chi connectivity index (χ0n) is 38.5. The van der Waals surface area contributed by atoms with E-state index in [1.54, 1.807) is 0 Å². The molecule has 0 aromatic heterocycles. The Hall–Kier alpha value is -2.32. The number of phosphoric acid groups is 1. The topological polar surface area (TPSA) is 91.3 Å². The summed E-state index contributed by atoms with van der Waals surface area (Å²) in [5, 5.41) is 0. The molecule has 8 nitrogen and oxygen atoms in total. The van der Waals surface area contributed by atoms with E-state index in [0.717, 1.165) is 51.4 Å². The van der Waals surface area contributed by atoms with Gasteiger partial charge in [0.25, 0.3) is 0 Å². The fourth-order valence-electron chi connectivity index (χ4n) is 5.87. The Kier molecular flexibility index (Phi) is 40.7. The molecule has 0 aromatic carbocycles. The van der Waals surface area contributed by atoms with Crippen LogP contribution in [0.5, 0.6) is 0 Å². The van der Waals surface area contributed by atoms with E-state index in [1.165, 1.54) is 89.9 Å². The molecule has 0 aliphatic carbocycles. The van der Waals surface area contributed by atoms with Gasteiger partial charge in [-0.25, -0.2) is 4.57 Å². The van der Waals surface area contributed by atoms with Gasteiger partial charge in [0, 0.05) is 13.0 Å². The minimum atomic E-state index is -4.30. The number of hydrogen-bond acceptors (Lipinski definition) is 6. The Morgan fingerprint density at radius 1 is 0.542 bits per heavy atom. The third-order valence-corrected chi connectivity index (χ3v) is 10.4. The van der Waals surface area contributed by atoms with Gasteiger partial charge >= 0.3 is 13.8 Å². The lowest BCUT2D eigenvalue weighted by Gasteiger charge is -2.24. The second kappa shape index (κ2) is 42.4. The van der Waals surface area contributed by atoms with Crippen molar-refractivity contribution in [3.63, 3.8) is 0 Å². The number of carbonyl (C=O) groups excluding carboxylic acids is 1. The number of hydrogen-bond donors (Lipinski definition) is 1. The molecule has 0 bridgehead atoms. The molecule has 0 fully saturated rings. The van der Waals surface area contributed by atoms with Gasteiger partial charge < -0.3 is 18.9 Å². The number of unbranched alkanes of at least 4 members (excludes halogenated alkanes) is 14. The highest BCUT2D eigenvalue weighted by molar-refractivity contribution is 7.47. The van der Waals surface area contributed by atoms with E-state index in [0.29, 0.717) is 24.1 Å². The maximum atomic E-state index is 12.7. The van der Waals surface area contributed by atoms with Crippen molar-refractivity contribution in [3.8, 4) is 0 Å². The van der Waals surface area contributed by atoms with Crippen LogP contribution in [0.1, 0.15) is 168 Å². The van der Waals surface area contributed by atoms with Crippen LogP contribution in [0.25, 0.3) is 0 Å². The normalized spacial score (nSPS) is 14.5. The van der Waals surface area contributed by atoms with Gasteiger partial charge in [-0.05, 0) is 77.0 Å². The first-order valence-corrected chi connectivity index (χ1v) is 24.8. The molecular weight excluding hydrogens is 758 g/mol. The molecule has 0 aliphatic heterocycles. The molecule has 0 saturated heterocycles. The summed E-state index contributed by atoms with van der Waals surface area (Å²) >= 11 is 0. The maximum Gasteiger partial charge on any atom is 0.472 e. The van der Waals surface area contributed by atoms with Gasteiger partial charge in [0.05, 0.1) is 34.4 Å². The minimum Gasteiger partial charge on any atom is -0.457 e. The molecule has 59 heavy (non-hydrogen) atoms. The molecular formula is C50H89NO7P+. The lowest BCUT2D eigenvalue weighted by molar-refractivity contribution is -0.870. The second-order valence-corrected chi connectivity index (χ2v) is 17.9. The van der Waals surface area contributed by atoms with Gasteiger partial charge in [0.15, 0.2) is 0 Å². The molecule has 2 unspecified atom stereocenters. The van der Waals surface area contributed by atoms with Crippen LogP contribution < -0.4 is 0 Å². The van der Waals surface area contributed by atoms with Crippen LogP contribution in [0.15, 0.2) is 85.1 Å². The first-order chi connectivity index (χ1) is 28.6. The van der Waals surface area contributed by atoms with Gasteiger partial charge in [-0.3, -0.25) is 13.8 Å². The summed E-state index contributed by atoms with van der Waals surface area (Å²) in [6, 6.07) is 0. The van der Waals surface area contributed by atoms with Crippen molar-refractivity contribution < 1.29 is 37.3 Å². The Morgan fingerprint density at radius 3 is 1.47 bits per heavy atom. The Labute approximate surface area is 363 Å². The Bertz CT molecular complexity index is 1210. The molecule has 0 saturated carbocycles. The van der Waals surface area contributed by atoms with Crippen LogP contribution in [-0.2, 0) is 27.9 Å². The zero-order valence-corrected chi connectivity index (χ0v) is 39.4. The largest absolute Gasteiger partial charge is 0.472 e. The van der Waals surface area contributed by atoms with Crippen molar-refractivity contribution in [2.45, 2.75) is 174 Å². The van der Waals surface area contributed by atoms with E-state index in [2.05, 4.69) is 86.8 Å². The number of carbonyl (C=O) groups is 1. The molecule has 0 aromatic rings. The van der Waals surface area contributed by atoms with Gasteiger partial charge in [-0.1, -0.05) is 170 Å². The Morgan fingerprint density at radius 2 is 0.983 bits per heavy atom. The van der Waals surface area contributed by atoms with Crippen LogP contribution in [0.3, 0.4) is 0 Å². The standard InChI is InChI=1S/C50H88NO7P/c1-6-8-10-12-14-16-18-20-22-24-26-27-29-31-33-35-37-39-41-43-50(52)58-49(48-57-59(53,54)56-46-44-51(3,4)5)47-55-45-42-40-38-36-34-32-30-28-25-23-21-19-17-15-13-11-9-7-2/h8,10,14,16,20-23,26-27,31,33,37,39,49H,6-7,9,11-13,15,17-19,24-25,28-30,32,34-36,38,40-48H2,1-5H3/p+1/b10-8-,16-14-,22-20-,23-21-,27-26-,33-31-,39-37-. The lowest BCUT2D eigenvalue weighted by Crippen LogP contribution is -2.37. The molecule has 2 atom stereocenters. The molecule has 0 amide bonds. The maximum absolute atomic E-state index is 12.7. The quantitative estimate of drug-likeness (QED) is 0.0215. The fraction of sp³-hybridized carbons (Fsp3) is 0.700. The lowest BCUT2D eigenvalue weighted by atomic mass is 10.1. The summed E-state index contributed by atoms with van der Waals surface area (Å²) < 4.78 is 34.9. The smallest absolute Gasteiger partial charge is 0.457 e. The van der Waals surface area contributed by atoms with Crippen LogP contribution >= 0.6 is 7.82 Å². The molecule has 340 valence electrons. The zero-order chi connectivity index (χ0) is 43.4. The van der Waals surface area contributed by atoms with Crippen LogP contribution in [0.2, 0.25) is 0 Å². The van der Waals surface area contributed by atoms with Crippen molar-refractivity contribution in [1.29, 1.82) is 0 Å². The third-order valence-electron chi connectivity index (χ3n) is 9.45. The first-order valence-electron chi connectivity index (χ1n) is 23.3. The number of rotatable bonds is 42. The molecule has 0 aliphatic rings. The van der Waals surface area contributed by atoms with E-state index in [9.17, 15) is 14.3 Å². The first kappa shape index (κ1) is 56.7. The molecule has 0 rings (SSSR count). The minimum absolute atomic E-state index is 0.0703. The molecule has 0 radical (unpaired) electrons. The van der Waals surface area contributed by atoms with Gasteiger partial charge in [0.2, 0.25) is 0 Å². The molecule has 9 heteroatoms. The third kappa shape index (κ3) is 46.6. The van der Waals surface area contributed by atoms with E-state index >= 15 is 0 Å². The number of phosphoric ester groups is 1. The number of ether oxygens (including phenoxy) is 2. The van der Waals surface area contributed by atoms with E-state index in [4.69, 9.17) is 18.5 Å². The average Bonchev–Trinajstić information content (AvgIpc) is 3.19. The number of likely N-dealkylation sites (N-methyl/N-ethyl adjacent to an activating group) is 1. The van der Waals surface area contributed by atoms with Crippen molar-refractivity contribution in [2.75, 3.05) is 54.1 Å². The summed E-state index contributed by atoms with van der Waals surface area (Å²) in [6.07, 6.45) is 56.4. The summed E-state index contributed by atoms with van der Waals surface area (Å²) in [6.45, 7) is 5.38. The summed E-state index contributed by atoms with van der Waals surface area (Å²) in [4.78, 5) is 22.9. The van der Waals surface area contributed by atoms with Gasteiger partial charge in [-0.2, -0.15) is 0 Å². The van der Waals surface area contributed by atoms with Crippen molar-refractivity contribution in [3.05, 3.63) is 85.1 Å². The monoisotopic (exact) mass is 847 g/mol. The highest BCUT2D eigenvalue weighted by Crippen LogP contribution is 2.43. The SMILES string of the molecule is CC/C=C\C/C=C\C/C=C\C/C=C\C/C=C\C/C=C\CCC(=O)OC(COCCCCCCCCCC/C=C\CCCCCCCC)COP(=O)(O)OCC[N+](C)(C)C. The molecule has 1 N–H and O–H groups in total. The van der Waals surface area contributed by atoms with Crippen molar-refractivity contribution >= 4 is 13.8 Å². The van der Waals surface area contributed by atoms with Gasteiger partial charge in [0.1, 0.15) is 19.3 Å². The van der Waals surface area contributed by atoms with Gasteiger partial charge in [-0.15, -0.1) is 0 Å². The number of allylic oxidation sites excluding steroid dienone is 14. The highest BCUT2D eigenvalue weighted by Gasteiger charge is 2.26. The van der Waals surface area contributed by atoms with Crippen LogP contribution in [0, 0.1) is 0 Å². The summed E-state index contributed by atoms with van der Waals surface area (Å²) in [7, 11) is 1.61. The van der Waals surface area contributed by atoms with E-state index < -0.39 is 19.9 Å². The highest BCUT2D eigenvalue weighted by atomic mass is 31.2. The molecule has 0 spiro atoms. The Balaban J connectivity index is 4.35. The number of nitrogens with zero attached hydrogens (tertiary/aromatic N) is 1. The fourth-order valence-corrected chi connectivity index (χ4v) is 6.61. The van der Waals surface area contributed by atoms with E-state index in [1.807, 2.05) is 33.3 Å². The average molecular weight is 847 g/mol. The second-order valence-electron chi connectivity index (χ2n) is 16.4. The van der Waals surface area contributed by atoms with Crippen LogP contribution in [-0.4, -0.2) is 75.6 Å². The van der Waals surface area contributed by atoms with Crippen LogP contribution in [0.4, 0.5) is 0 Å². The predicted molar refractivity (Wildman–Crippen MR) is 251 cm³/mol. The van der Waals surface area contributed by atoms with Crippen molar-refractivity contribution in [1.82, 2.24) is 0 Å². The van der Waals surface area contributed by atoms with Crippen molar-refractivity contribution in [2.24, 2.45) is 0 Å².